The van der Waals surface area contributed by atoms with Crippen LogP contribution >= 0.6 is 0 Å². The molecule has 0 saturated carbocycles. The van der Waals surface area contributed by atoms with E-state index in [-0.39, 0.29) is 0 Å². The lowest BCUT2D eigenvalue weighted by Crippen LogP contribution is -2.21. The van der Waals surface area contributed by atoms with Gasteiger partial charge in [0, 0.05) is 19.3 Å². The molecule has 2 aromatic heterocycles. The summed E-state index contributed by atoms with van der Waals surface area (Å²) in [6.07, 6.45) is 1.79. The summed E-state index contributed by atoms with van der Waals surface area (Å²) in [5.41, 5.74) is 1.97. The third-order valence-electron chi connectivity index (χ3n) is 3.07. The lowest BCUT2D eigenvalue weighted by molar-refractivity contribution is 0.161. The maximum Gasteiger partial charge on any atom is 0.240 e. The fourth-order valence-electron chi connectivity index (χ4n) is 2.20. The van der Waals surface area contributed by atoms with Crippen molar-refractivity contribution in [2.45, 2.75) is 6.54 Å². The van der Waals surface area contributed by atoms with E-state index in [9.17, 15) is 0 Å². The van der Waals surface area contributed by atoms with Crippen LogP contribution in [0.3, 0.4) is 0 Å². The zero-order chi connectivity index (χ0) is 12.5. The van der Waals surface area contributed by atoms with Gasteiger partial charge >= 0.3 is 0 Å². The Kier molecular flexibility index (Phi) is 2.83. The number of fused-ring (bicyclic) bond motifs is 3. The van der Waals surface area contributed by atoms with Crippen molar-refractivity contribution < 1.29 is 9.47 Å². The summed E-state index contributed by atoms with van der Waals surface area (Å²) in [5.74, 6) is 1.60. The van der Waals surface area contributed by atoms with Crippen molar-refractivity contribution in [3.8, 4) is 11.6 Å². The van der Waals surface area contributed by atoms with Crippen molar-refractivity contribution in [2.75, 3.05) is 33.9 Å². The molecular formula is C13H17N3O2. The highest BCUT2D eigenvalue weighted by molar-refractivity contribution is 5.86. The van der Waals surface area contributed by atoms with Gasteiger partial charge in [0.2, 0.25) is 11.6 Å². The molecule has 0 atom stereocenters. The summed E-state index contributed by atoms with van der Waals surface area (Å²) in [6, 6.07) is 4.00. The zero-order valence-electron chi connectivity index (χ0n) is 10.7. The van der Waals surface area contributed by atoms with Gasteiger partial charge in [-0.1, -0.05) is 0 Å². The molecule has 0 unspecified atom stereocenters. The molecule has 0 fully saturated rings. The summed E-state index contributed by atoms with van der Waals surface area (Å²) in [6.45, 7) is 3.02. The minimum atomic E-state index is 0.594. The molecule has 3 heterocycles. The molecule has 5 nitrogen and oxygen atoms in total. The number of aromatic nitrogens is 2. The summed E-state index contributed by atoms with van der Waals surface area (Å²) in [5, 5.41) is 0. The number of hydrogen-bond donors (Lipinski definition) is 0. The Bertz CT molecular complexity index is 563. The van der Waals surface area contributed by atoms with Crippen molar-refractivity contribution >= 4 is 11.0 Å². The number of likely N-dealkylation sites (N-methyl/N-ethyl adjacent to an activating group) is 1. The Labute approximate surface area is 106 Å². The molecule has 0 saturated heterocycles. The molecule has 0 aliphatic carbocycles. The van der Waals surface area contributed by atoms with Crippen LogP contribution in [0.25, 0.3) is 11.0 Å². The van der Waals surface area contributed by atoms with Crippen LogP contribution in [-0.2, 0) is 6.54 Å². The third kappa shape index (κ3) is 1.80. The van der Waals surface area contributed by atoms with Gasteiger partial charge in [-0.2, -0.15) is 0 Å². The SMILES string of the molecule is CN(C)CCn1c2c(c3ncccc31)OCCO2. The Morgan fingerprint density at radius 3 is 3.00 bits per heavy atom. The highest BCUT2D eigenvalue weighted by Crippen LogP contribution is 2.39. The summed E-state index contributed by atoms with van der Waals surface area (Å²) >= 11 is 0. The van der Waals surface area contributed by atoms with Crippen LogP contribution in [-0.4, -0.2) is 48.3 Å². The molecule has 0 radical (unpaired) electrons. The maximum absolute atomic E-state index is 5.75. The van der Waals surface area contributed by atoms with Gasteiger partial charge in [-0.15, -0.1) is 0 Å². The molecule has 5 heteroatoms. The molecule has 0 aromatic carbocycles. The first-order valence-corrected chi connectivity index (χ1v) is 6.15. The summed E-state index contributed by atoms with van der Waals surface area (Å²) < 4.78 is 13.6. The lowest BCUT2D eigenvalue weighted by atomic mass is 10.3. The average Bonchev–Trinajstić information content (AvgIpc) is 2.71. The smallest absolute Gasteiger partial charge is 0.240 e. The monoisotopic (exact) mass is 247 g/mol. The molecule has 3 rings (SSSR count). The molecule has 2 aromatic rings. The second-order valence-corrected chi connectivity index (χ2v) is 4.66. The standard InChI is InChI=1S/C13H17N3O2/c1-15(2)6-7-16-10-4-3-5-14-11(10)12-13(16)18-9-8-17-12/h3-5H,6-9H2,1-2H3. The Hall–Kier alpha value is -1.75. The molecule has 1 aliphatic rings. The number of hydrogen-bond acceptors (Lipinski definition) is 4. The normalized spacial score (nSPS) is 14.4. The number of pyridine rings is 1. The predicted molar refractivity (Wildman–Crippen MR) is 69.3 cm³/mol. The largest absolute Gasteiger partial charge is 0.483 e. The van der Waals surface area contributed by atoms with E-state index >= 15 is 0 Å². The maximum atomic E-state index is 5.75. The van der Waals surface area contributed by atoms with E-state index in [1.807, 2.05) is 6.07 Å². The Balaban J connectivity index is 2.10. The van der Waals surface area contributed by atoms with Crippen LogP contribution in [0.1, 0.15) is 0 Å². The molecule has 0 spiro atoms. The van der Waals surface area contributed by atoms with Gasteiger partial charge in [-0.25, -0.2) is 0 Å². The number of ether oxygens (including phenoxy) is 2. The van der Waals surface area contributed by atoms with Gasteiger partial charge in [0.05, 0.1) is 5.52 Å². The van der Waals surface area contributed by atoms with Crippen molar-refractivity contribution in [1.29, 1.82) is 0 Å². The highest BCUT2D eigenvalue weighted by atomic mass is 16.6. The van der Waals surface area contributed by atoms with E-state index in [1.54, 1.807) is 6.20 Å². The third-order valence-corrected chi connectivity index (χ3v) is 3.07. The van der Waals surface area contributed by atoms with Gasteiger partial charge in [0.15, 0.2) is 0 Å². The number of rotatable bonds is 3. The Morgan fingerprint density at radius 2 is 2.17 bits per heavy atom. The van der Waals surface area contributed by atoms with E-state index < -0.39 is 0 Å². The molecule has 1 aliphatic heterocycles. The summed E-state index contributed by atoms with van der Waals surface area (Å²) in [4.78, 5) is 6.55. The van der Waals surface area contributed by atoms with Crippen molar-refractivity contribution in [2.24, 2.45) is 0 Å². The molecule has 0 N–H and O–H groups in total. The second kappa shape index (κ2) is 4.49. The second-order valence-electron chi connectivity index (χ2n) is 4.66. The molecule has 96 valence electrons. The predicted octanol–water partition coefficient (Wildman–Crippen LogP) is 1.37. The van der Waals surface area contributed by atoms with Gasteiger partial charge in [-0.3, -0.25) is 4.98 Å². The van der Waals surface area contributed by atoms with E-state index in [0.717, 1.165) is 35.8 Å². The van der Waals surface area contributed by atoms with Crippen molar-refractivity contribution in [3.05, 3.63) is 18.3 Å². The minimum absolute atomic E-state index is 0.594. The molecule has 0 amide bonds. The van der Waals surface area contributed by atoms with E-state index in [1.165, 1.54) is 0 Å². The minimum Gasteiger partial charge on any atom is -0.483 e. The first kappa shape index (κ1) is 11.3. The summed E-state index contributed by atoms with van der Waals surface area (Å²) in [7, 11) is 4.13. The zero-order valence-corrected chi connectivity index (χ0v) is 10.7. The fraction of sp³-hybridized carbons (Fsp3) is 0.462. The van der Waals surface area contributed by atoms with Crippen LogP contribution in [0, 0.1) is 0 Å². The first-order chi connectivity index (χ1) is 8.77. The lowest BCUT2D eigenvalue weighted by Gasteiger charge is -2.18. The molecular weight excluding hydrogens is 230 g/mol. The van der Waals surface area contributed by atoms with Crippen LogP contribution in [0.4, 0.5) is 0 Å². The van der Waals surface area contributed by atoms with Gasteiger partial charge in [0.1, 0.15) is 18.7 Å². The quantitative estimate of drug-likeness (QED) is 0.821. The van der Waals surface area contributed by atoms with Crippen LogP contribution < -0.4 is 9.47 Å². The van der Waals surface area contributed by atoms with Gasteiger partial charge in [-0.05, 0) is 26.2 Å². The van der Waals surface area contributed by atoms with E-state index in [4.69, 9.17) is 9.47 Å². The van der Waals surface area contributed by atoms with Crippen molar-refractivity contribution in [1.82, 2.24) is 14.5 Å². The van der Waals surface area contributed by atoms with Gasteiger partial charge in [0.25, 0.3) is 0 Å². The fourth-order valence-corrected chi connectivity index (χ4v) is 2.20. The van der Waals surface area contributed by atoms with Crippen LogP contribution in [0.15, 0.2) is 18.3 Å². The van der Waals surface area contributed by atoms with Crippen LogP contribution in [0.5, 0.6) is 11.6 Å². The van der Waals surface area contributed by atoms with E-state index in [0.29, 0.717) is 13.2 Å². The Morgan fingerprint density at radius 1 is 1.33 bits per heavy atom. The van der Waals surface area contributed by atoms with Crippen LogP contribution in [0.2, 0.25) is 0 Å². The van der Waals surface area contributed by atoms with Crippen molar-refractivity contribution in [3.63, 3.8) is 0 Å². The number of nitrogens with zero attached hydrogens (tertiary/aromatic N) is 3. The topological polar surface area (TPSA) is 39.5 Å². The molecule has 0 bridgehead atoms. The highest BCUT2D eigenvalue weighted by Gasteiger charge is 2.23. The average molecular weight is 247 g/mol. The van der Waals surface area contributed by atoms with Gasteiger partial charge < -0.3 is 18.9 Å². The first-order valence-electron chi connectivity index (χ1n) is 6.15. The molecule has 18 heavy (non-hydrogen) atoms. The van der Waals surface area contributed by atoms with E-state index in [2.05, 4.69) is 34.6 Å².